The van der Waals surface area contributed by atoms with Gasteiger partial charge in [-0.3, -0.25) is 4.90 Å². The summed E-state index contributed by atoms with van der Waals surface area (Å²) in [5.41, 5.74) is 2.80. The van der Waals surface area contributed by atoms with Crippen molar-refractivity contribution in [3.63, 3.8) is 0 Å². The van der Waals surface area contributed by atoms with Crippen LogP contribution in [-0.4, -0.2) is 78.1 Å². The Morgan fingerprint density at radius 1 is 0.978 bits per heavy atom. The lowest BCUT2D eigenvalue weighted by Gasteiger charge is -2.36. The van der Waals surface area contributed by atoms with E-state index in [0.717, 1.165) is 50.7 Å². The van der Waals surface area contributed by atoms with Gasteiger partial charge in [-0.2, -0.15) is 0 Å². The summed E-state index contributed by atoms with van der Waals surface area (Å²) in [5, 5.41) is 8.81. The van der Waals surface area contributed by atoms with E-state index in [1.807, 2.05) is 53.2 Å². The molecule has 6 rings (SSSR count). The smallest absolute Gasteiger partial charge is 0.215 e. The SMILES string of the molecule is S=C(NCCN1CCN(c2ccc(OCC3COC(Cn4ccnc4)(c4ccc(Cl)cc4Cl)O3)cc2)CC1)Nc1ccc(Cl)cc1. The van der Waals surface area contributed by atoms with Crippen molar-refractivity contribution in [2.45, 2.75) is 18.4 Å². The minimum Gasteiger partial charge on any atom is -0.491 e. The molecule has 3 heterocycles. The zero-order valence-corrected chi connectivity index (χ0v) is 28.2. The lowest BCUT2D eigenvalue weighted by molar-refractivity contribution is -0.189. The second kappa shape index (κ2) is 15.2. The zero-order valence-electron chi connectivity index (χ0n) is 25.1. The number of ether oxygens (including phenoxy) is 3. The number of benzene rings is 3. The van der Waals surface area contributed by atoms with Gasteiger partial charge in [-0.1, -0.05) is 40.9 Å². The van der Waals surface area contributed by atoms with Crippen LogP contribution in [0, 0.1) is 0 Å². The lowest BCUT2D eigenvalue weighted by atomic mass is 10.1. The summed E-state index contributed by atoms with van der Waals surface area (Å²) in [6.45, 7) is 6.64. The molecule has 13 heteroatoms. The highest BCUT2D eigenvalue weighted by molar-refractivity contribution is 7.80. The number of nitrogens with one attached hydrogen (secondary N) is 2. The number of halogens is 3. The summed E-state index contributed by atoms with van der Waals surface area (Å²) in [5.74, 6) is -0.310. The molecule has 2 aliphatic heterocycles. The molecule has 2 saturated heterocycles. The molecule has 4 aromatic rings. The molecule has 2 unspecified atom stereocenters. The first-order valence-electron chi connectivity index (χ1n) is 15.1. The molecule has 2 fully saturated rings. The van der Waals surface area contributed by atoms with Crippen molar-refractivity contribution in [2.24, 2.45) is 0 Å². The van der Waals surface area contributed by atoms with Crippen molar-refractivity contribution in [1.29, 1.82) is 0 Å². The topological polar surface area (TPSA) is 76.0 Å². The number of nitrogens with zero attached hydrogens (tertiary/aromatic N) is 4. The molecule has 242 valence electrons. The normalized spacial score (nSPS) is 20.1. The van der Waals surface area contributed by atoms with Gasteiger partial charge in [-0.25, -0.2) is 4.98 Å². The first-order chi connectivity index (χ1) is 22.3. The summed E-state index contributed by atoms with van der Waals surface area (Å²) >= 11 is 24.1. The molecule has 2 aliphatic rings. The van der Waals surface area contributed by atoms with E-state index in [0.29, 0.717) is 45.5 Å². The number of aromatic nitrogens is 2. The summed E-state index contributed by atoms with van der Waals surface area (Å²) in [4.78, 5) is 8.99. The Bertz CT molecular complexity index is 1590. The molecule has 2 atom stereocenters. The van der Waals surface area contributed by atoms with Crippen LogP contribution in [0.1, 0.15) is 5.56 Å². The van der Waals surface area contributed by atoms with Gasteiger partial charge in [0.15, 0.2) is 5.11 Å². The van der Waals surface area contributed by atoms with E-state index in [1.165, 1.54) is 5.69 Å². The molecule has 0 aliphatic carbocycles. The van der Waals surface area contributed by atoms with Crippen molar-refractivity contribution in [3.8, 4) is 5.75 Å². The monoisotopic (exact) mass is 700 g/mol. The number of imidazole rings is 1. The predicted octanol–water partition coefficient (Wildman–Crippen LogP) is 6.30. The third-order valence-electron chi connectivity index (χ3n) is 7.98. The predicted molar refractivity (Wildman–Crippen MR) is 187 cm³/mol. The zero-order chi connectivity index (χ0) is 31.9. The molecule has 46 heavy (non-hydrogen) atoms. The largest absolute Gasteiger partial charge is 0.491 e. The van der Waals surface area contributed by atoms with E-state index in [4.69, 9.17) is 61.2 Å². The van der Waals surface area contributed by atoms with Gasteiger partial charge in [-0.15, -0.1) is 0 Å². The van der Waals surface area contributed by atoms with Gasteiger partial charge in [0.25, 0.3) is 0 Å². The van der Waals surface area contributed by atoms with E-state index in [9.17, 15) is 0 Å². The fraction of sp³-hybridized carbons (Fsp3) is 0.333. The Labute approximate surface area is 289 Å². The molecular formula is C33H35Cl3N6O3S. The third kappa shape index (κ3) is 8.43. The summed E-state index contributed by atoms with van der Waals surface area (Å²) in [6.07, 6.45) is 5.01. The van der Waals surface area contributed by atoms with Crippen LogP contribution in [0.3, 0.4) is 0 Å². The fourth-order valence-corrected chi connectivity index (χ4v) is 6.48. The van der Waals surface area contributed by atoms with Crippen molar-refractivity contribution < 1.29 is 14.2 Å². The second-order valence-electron chi connectivity index (χ2n) is 11.2. The third-order valence-corrected chi connectivity index (χ3v) is 9.02. The Morgan fingerprint density at radius 3 is 2.46 bits per heavy atom. The number of anilines is 2. The van der Waals surface area contributed by atoms with E-state index in [1.54, 1.807) is 24.7 Å². The summed E-state index contributed by atoms with van der Waals surface area (Å²) in [7, 11) is 0. The lowest BCUT2D eigenvalue weighted by Crippen LogP contribution is -2.48. The molecule has 0 amide bonds. The van der Waals surface area contributed by atoms with E-state index >= 15 is 0 Å². The second-order valence-corrected chi connectivity index (χ2v) is 12.9. The van der Waals surface area contributed by atoms with E-state index < -0.39 is 5.79 Å². The van der Waals surface area contributed by atoms with Gasteiger partial charge in [0, 0.05) is 78.6 Å². The van der Waals surface area contributed by atoms with E-state index in [-0.39, 0.29) is 6.10 Å². The van der Waals surface area contributed by atoms with Gasteiger partial charge in [0.05, 0.1) is 24.5 Å². The van der Waals surface area contributed by atoms with Crippen molar-refractivity contribution in [1.82, 2.24) is 19.8 Å². The van der Waals surface area contributed by atoms with Gasteiger partial charge >= 0.3 is 0 Å². The standard InChI is InChI=1S/C33H35Cl3N6O3S/c34-24-1-4-26(5-2-24)39-32(46)38-12-14-40-15-17-42(18-16-40)27-6-8-28(9-7-27)43-20-29-21-44-33(45-29,22-41-13-11-37-23-41)30-10-3-25(35)19-31(30)36/h1-11,13,19,23,29H,12,14-18,20-22H2,(H2,38,39,46). The van der Waals surface area contributed by atoms with Gasteiger partial charge in [0.1, 0.15) is 18.5 Å². The van der Waals surface area contributed by atoms with Crippen LogP contribution in [-0.2, 0) is 21.8 Å². The molecule has 0 radical (unpaired) electrons. The maximum atomic E-state index is 6.59. The highest BCUT2D eigenvalue weighted by Gasteiger charge is 2.45. The highest BCUT2D eigenvalue weighted by atomic mass is 35.5. The maximum Gasteiger partial charge on any atom is 0.215 e. The van der Waals surface area contributed by atoms with Crippen LogP contribution in [0.2, 0.25) is 15.1 Å². The number of hydrogen-bond donors (Lipinski definition) is 2. The number of piperazine rings is 1. The number of rotatable bonds is 11. The van der Waals surface area contributed by atoms with Crippen LogP contribution in [0.25, 0.3) is 0 Å². The first-order valence-corrected chi connectivity index (χ1v) is 16.6. The molecular weight excluding hydrogens is 667 g/mol. The molecule has 3 aromatic carbocycles. The van der Waals surface area contributed by atoms with Crippen LogP contribution in [0.4, 0.5) is 11.4 Å². The van der Waals surface area contributed by atoms with E-state index in [2.05, 4.69) is 37.6 Å². The van der Waals surface area contributed by atoms with Crippen LogP contribution >= 0.6 is 47.0 Å². The highest BCUT2D eigenvalue weighted by Crippen LogP contribution is 2.40. The number of thiocarbonyl (C=S) groups is 1. The van der Waals surface area contributed by atoms with Gasteiger partial charge < -0.3 is 34.3 Å². The Hall–Kier alpha value is -3.09. The Morgan fingerprint density at radius 2 is 1.74 bits per heavy atom. The van der Waals surface area contributed by atoms with Crippen LogP contribution < -0.4 is 20.3 Å². The van der Waals surface area contributed by atoms with Crippen molar-refractivity contribution in [3.05, 3.63) is 106 Å². The minimum absolute atomic E-state index is 0.292. The molecule has 2 N–H and O–H groups in total. The quantitative estimate of drug-likeness (QED) is 0.175. The van der Waals surface area contributed by atoms with Gasteiger partial charge in [-0.05, 0) is 72.9 Å². The molecule has 0 bridgehead atoms. The fourth-order valence-electron chi connectivity index (χ4n) is 5.58. The number of hydrogen-bond acceptors (Lipinski definition) is 7. The Balaban J connectivity index is 0.947. The molecule has 1 aromatic heterocycles. The summed E-state index contributed by atoms with van der Waals surface area (Å²) in [6, 6.07) is 21.0. The van der Waals surface area contributed by atoms with Gasteiger partial charge in [0.2, 0.25) is 5.79 Å². The molecule has 9 nitrogen and oxygen atoms in total. The van der Waals surface area contributed by atoms with Crippen molar-refractivity contribution >= 4 is 63.5 Å². The molecule has 0 saturated carbocycles. The van der Waals surface area contributed by atoms with Crippen LogP contribution in [0.5, 0.6) is 5.75 Å². The Kier molecular flexibility index (Phi) is 10.9. The first kappa shape index (κ1) is 32.8. The minimum atomic E-state index is -1.08. The summed E-state index contributed by atoms with van der Waals surface area (Å²) < 4.78 is 20.8. The average Bonchev–Trinajstić information content (AvgIpc) is 3.72. The average molecular weight is 702 g/mol. The maximum absolute atomic E-state index is 6.59. The molecule has 0 spiro atoms. The van der Waals surface area contributed by atoms with Crippen LogP contribution in [0.15, 0.2) is 85.5 Å². The van der Waals surface area contributed by atoms with Crippen molar-refractivity contribution in [2.75, 3.05) is 62.7 Å².